The first kappa shape index (κ1) is 24.8. The first-order valence-electron chi connectivity index (χ1n) is 10.4. The summed E-state index contributed by atoms with van der Waals surface area (Å²) in [5, 5.41) is 0.379. The fourth-order valence-corrected chi connectivity index (χ4v) is 3.30. The molecular formula is C25H30N2O5. The predicted octanol–water partition coefficient (Wildman–Crippen LogP) is 4.52. The molecule has 0 aromatic carbocycles. The quantitative estimate of drug-likeness (QED) is 0.178. The Morgan fingerprint density at radius 2 is 2.00 bits per heavy atom. The number of hydrogen-bond acceptors (Lipinski definition) is 6. The minimum absolute atomic E-state index is 0.0968. The van der Waals surface area contributed by atoms with Gasteiger partial charge < -0.3 is 14.0 Å². The molecule has 2 aromatic rings. The van der Waals surface area contributed by atoms with Gasteiger partial charge in [0.25, 0.3) is 0 Å². The highest BCUT2D eigenvalue weighted by Gasteiger charge is 2.29. The van der Waals surface area contributed by atoms with Crippen LogP contribution in [-0.2, 0) is 20.9 Å². The maximum atomic E-state index is 12.6. The van der Waals surface area contributed by atoms with Gasteiger partial charge in [-0.25, -0.2) is 9.78 Å². The Balaban J connectivity index is 2.61. The lowest BCUT2D eigenvalue weighted by molar-refractivity contribution is -0.163. The number of Topliss-reactive ketones (excluding diaryl/α,β-unsaturated/α-hetero) is 1. The van der Waals surface area contributed by atoms with Crippen molar-refractivity contribution in [2.45, 2.75) is 59.3 Å². The van der Waals surface area contributed by atoms with Gasteiger partial charge in [0.2, 0.25) is 11.7 Å². The predicted molar refractivity (Wildman–Crippen MR) is 124 cm³/mol. The molecule has 0 spiro atoms. The van der Waals surface area contributed by atoms with Crippen LogP contribution in [0.5, 0.6) is 5.88 Å². The number of carbonyl (C=O) groups excluding carboxylic acids is 3. The first-order chi connectivity index (χ1) is 15.0. The summed E-state index contributed by atoms with van der Waals surface area (Å²) in [6, 6.07) is 1.73. The van der Waals surface area contributed by atoms with E-state index in [2.05, 4.69) is 18.1 Å². The van der Waals surface area contributed by atoms with E-state index in [-0.39, 0.29) is 17.7 Å². The number of fused-ring (bicyclic) bond motifs is 1. The number of aromatic nitrogens is 2. The summed E-state index contributed by atoms with van der Waals surface area (Å²) in [6.45, 7) is 16.9. The van der Waals surface area contributed by atoms with Crippen molar-refractivity contribution in [3.05, 3.63) is 60.5 Å². The van der Waals surface area contributed by atoms with E-state index in [1.807, 2.05) is 10.6 Å². The number of esters is 1. The van der Waals surface area contributed by atoms with E-state index in [1.165, 1.54) is 6.20 Å². The van der Waals surface area contributed by atoms with Crippen LogP contribution in [0.15, 0.2) is 49.2 Å². The lowest BCUT2D eigenvalue weighted by Gasteiger charge is -2.23. The van der Waals surface area contributed by atoms with Crippen LogP contribution in [0.1, 0.15) is 50.2 Å². The summed E-state index contributed by atoms with van der Waals surface area (Å²) >= 11 is 0. The zero-order valence-electron chi connectivity index (χ0n) is 19.3. The van der Waals surface area contributed by atoms with E-state index in [0.29, 0.717) is 29.6 Å². The molecule has 0 aliphatic rings. The Kier molecular flexibility index (Phi) is 7.92. The molecule has 0 saturated heterocycles. The summed E-state index contributed by atoms with van der Waals surface area (Å²) in [6.07, 6.45) is 6.45. The van der Waals surface area contributed by atoms with Crippen molar-refractivity contribution in [3.8, 4) is 5.88 Å². The van der Waals surface area contributed by atoms with Crippen LogP contribution < -0.4 is 4.74 Å². The zero-order valence-corrected chi connectivity index (χ0v) is 19.3. The van der Waals surface area contributed by atoms with E-state index < -0.39 is 23.5 Å². The average molecular weight is 439 g/mol. The van der Waals surface area contributed by atoms with Crippen LogP contribution in [0.4, 0.5) is 0 Å². The molecule has 2 rings (SSSR count). The standard InChI is InChI=1S/C25H30N2O5/c1-8-10-11-16(3)14-27-17(4)21(19(29)15-28)22-18(27)12-13-26-23(22)31-20(9-2)24(30)32-25(5,6)7/h8,10-13,15,20H,1,3,9,14H2,2,4-7H3/b11-10-. The van der Waals surface area contributed by atoms with E-state index in [4.69, 9.17) is 9.47 Å². The smallest absolute Gasteiger partial charge is 0.347 e. The molecule has 0 aliphatic heterocycles. The number of pyridine rings is 1. The van der Waals surface area contributed by atoms with Crippen molar-refractivity contribution in [1.82, 2.24) is 9.55 Å². The molecule has 7 heteroatoms. The van der Waals surface area contributed by atoms with Crippen LogP contribution in [0.25, 0.3) is 10.9 Å². The molecule has 0 fully saturated rings. The minimum atomic E-state index is -0.916. The summed E-state index contributed by atoms with van der Waals surface area (Å²) < 4.78 is 13.3. The van der Waals surface area contributed by atoms with Crippen LogP contribution in [-0.4, -0.2) is 39.3 Å². The SMILES string of the molecule is C=C/C=C\C(=C)Cn1c(C)c(C(=O)C=O)c2c(OC(CC)C(=O)OC(C)(C)C)nccc21. The monoisotopic (exact) mass is 438 g/mol. The molecular weight excluding hydrogens is 408 g/mol. The summed E-state index contributed by atoms with van der Waals surface area (Å²) in [5.41, 5.74) is 1.51. The number of allylic oxidation sites excluding steroid dienone is 4. The summed E-state index contributed by atoms with van der Waals surface area (Å²) in [5.74, 6) is -1.12. The van der Waals surface area contributed by atoms with Gasteiger partial charge in [0, 0.05) is 18.4 Å². The Bertz CT molecular complexity index is 1090. The summed E-state index contributed by atoms with van der Waals surface area (Å²) in [4.78, 5) is 40.8. The molecule has 1 atom stereocenters. The van der Waals surface area contributed by atoms with Crippen molar-refractivity contribution in [3.63, 3.8) is 0 Å². The van der Waals surface area contributed by atoms with Gasteiger partial charge in [-0.15, -0.1) is 0 Å². The zero-order chi connectivity index (χ0) is 24.1. The van der Waals surface area contributed by atoms with Gasteiger partial charge in [-0.3, -0.25) is 9.59 Å². The second-order valence-corrected chi connectivity index (χ2v) is 8.34. The van der Waals surface area contributed by atoms with E-state index in [0.717, 1.165) is 5.57 Å². The van der Waals surface area contributed by atoms with Gasteiger partial charge in [-0.05, 0) is 45.8 Å². The molecule has 2 aromatic heterocycles. The number of ketones is 1. The van der Waals surface area contributed by atoms with Crippen LogP contribution in [0.3, 0.4) is 0 Å². The highest BCUT2D eigenvalue weighted by molar-refractivity contribution is 6.37. The normalized spacial score (nSPS) is 12.5. The maximum absolute atomic E-state index is 12.6. The van der Waals surface area contributed by atoms with Gasteiger partial charge in [-0.2, -0.15) is 0 Å². The van der Waals surface area contributed by atoms with Crippen LogP contribution in [0, 0.1) is 6.92 Å². The van der Waals surface area contributed by atoms with Crippen molar-refractivity contribution in [2.75, 3.05) is 0 Å². The van der Waals surface area contributed by atoms with Crippen LogP contribution >= 0.6 is 0 Å². The first-order valence-corrected chi connectivity index (χ1v) is 10.4. The Morgan fingerprint density at radius 1 is 1.31 bits per heavy atom. The number of nitrogens with zero attached hydrogens (tertiary/aromatic N) is 2. The Labute approximate surface area is 188 Å². The Hall–Kier alpha value is -3.48. The molecule has 0 aliphatic carbocycles. The minimum Gasteiger partial charge on any atom is -0.462 e. The van der Waals surface area contributed by atoms with E-state index in [1.54, 1.807) is 52.8 Å². The number of aldehydes is 1. The molecule has 0 radical (unpaired) electrons. The molecule has 0 amide bonds. The molecule has 2 heterocycles. The lowest BCUT2D eigenvalue weighted by Crippen LogP contribution is -2.35. The fraction of sp³-hybridized carbons (Fsp3) is 0.360. The topological polar surface area (TPSA) is 87.5 Å². The largest absolute Gasteiger partial charge is 0.462 e. The fourth-order valence-electron chi connectivity index (χ4n) is 3.30. The van der Waals surface area contributed by atoms with Crippen LogP contribution in [0.2, 0.25) is 0 Å². The van der Waals surface area contributed by atoms with Crippen molar-refractivity contribution in [1.29, 1.82) is 0 Å². The van der Waals surface area contributed by atoms with E-state index in [9.17, 15) is 14.4 Å². The second-order valence-electron chi connectivity index (χ2n) is 8.34. The lowest BCUT2D eigenvalue weighted by atomic mass is 10.1. The summed E-state index contributed by atoms with van der Waals surface area (Å²) in [7, 11) is 0. The number of hydrogen-bond donors (Lipinski definition) is 0. The second kappa shape index (κ2) is 10.2. The highest BCUT2D eigenvalue weighted by atomic mass is 16.6. The van der Waals surface area contributed by atoms with Crippen molar-refractivity contribution >= 4 is 28.9 Å². The number of carbonyl (C=O) groups is 3. The third-order valence-corrected chi connectivity index (χ3v) is 4.68. The maximum Gasteiger partial charge on any atom is 0.347 e. The van der Waals surface area contributed by atoms with Gasteiger partial charge >= 0.3 is 5.97 Å². The Morgan fingerprint density at radius 3 is 2.56 bits per heavy atom. The molecule has 32 heavy (non-hydrogen) atoms. The van der Waals surface area contributed by atoms with Crippen molar-refractivity contribution < 1.29 is 23.9 Å². The van der Waals surface area contributed by atoms with Gasteiger partial charge in [0.1, 0.15) is 5.60 Å². The van der Waals surface area contributed by atoms with Gasteiger partial charge in [-0.1, -0.05) is 38.3 Å². The molecule has 7 nitrogen and oxygen atoms in total. The molecule has 0 bridgehead atoms. The molecule has 0 saturated carbocycles. The number of rotatable bonds is 10. The molecule has 0 N–H and O–H groups in total. The third kappa shape index (κ3) is 5.60. The highest BCUT2D eigenvalue weighted by Crippen LogP contribution is 2.33. The van der Waals surface area contributed by atoms with Crippen molar-refractivity contribution in [2.24, 2.45) is 0 Å². The van der Waals surface area contributed by atoms with E-state index >= 15 is 0 Å². The number of ether oxygens (including phenoxy) is 2. The average Bonchev–Trinajstić information content (AvgIpc) is 3.00. The van der Waals surface area contributed by atoms with Gasteiger partial charge in [0.05, 0.1) is 16.5 Å². The molecule has 170 valence electrons. The third-order valence-electron chi connectivity index (χ3n) is 4.68. The molecule has 1 unspecified atom stereocenters. The van der Waals surface area contributed by atoms with Gasteiger partial charge in [0.15, 0.2) is 12.4 Å².